The van der Waals surface area contributed by atoms with E-state index in [1.54, 1.807) is 11.8 Å². The molecule has 3 aromatic carbocycles. The molecule has 3 rings (SSSR count). The summed E-state index contributed by atoms with van der Waals surface area (Å²) in [5, 5.41) is 2.45. The lowest BCUT2D eigenvalue weighted by molar-refractivity contribution is -0.159. The number of carbonyl (C=O) groups is 1. The first kappa shape index (κ1) is 24.9. The molecule has 0 aliphatic carbocycles. The molecule has 0 aliphatic rings. The second kappa shape index (κ2) is 12.5. The molecule has 0 bridgehead atoms. The molecule has 0 radical (unpaired) electrons. The van der Waals surface area contributed by atoms with Crippen molar-refractivity contribution in [2.75, 3.05) is 26.3 Å². The summed E-state index contributed by atoms with van der Waals surface area (Å²) in [6.07, 6.45) is 0.303. The summed E-state index contributed by atoms with van der Waals surface area (Å²) in [5.74, 6) is 0.0439. The molecule has 1 amide bonds. The third-order valence-electron chi connectivity index (χ3n) is 5.86. The maximum absolute atomic E-state index is 13.0. The smallest absolute Gasteiger partial charge is 0.239 e. The van der Waals surface area contributed by atoms with Crippen molar-refractivity contribution in [2.24, 2.45) is 5.73 Å². The first-order valence-corrected chi connectivity index (χ1v) is 11.8. The van der Waals surface area contributed by atoms with Crippen LogP contribution in [0.1, 0.15) is 44.2 Å². The zero-order valence-electron chi connectivity index (χ0n) is 19.9. The highest BCUT2D eigenvalue weighted by molar-refractivity contribution is 5.86. The fourth-order valence-corrected chi connectivity index (χ4v) is 4.31. The minimum Gasteiger partial charge on any atom is -0.351 e. The van der Waals surface area contributed by atoms with Gasteiger partial charge in [-0.15, -0.1) is 0 Å². The number of carbonyl (C=O) groups excluding carboxylic acids is 1. The van der Waals surface area contributed by atoms with Gasteiger partial charge in [0, 0.05) is 25.7 Å². The Kier molecular flexibility index (Phi) is 9.43. The molecule has 0 aliphatic heterocycles. The molecule has 2 atom stereocenters. The van der Waals surface area contributed by atoms with Gasteiger partial charge in [0.15, 0.2) is 6.29 Å². The van der Waals surface area contributed by atoms with Crippen LogP contribution in [-0.2, 0) is 14.3 Å². The number of nitrogens with zero attached hydrogens (tertiary/aromatic N) is 1. The van der Waals surface area contributed by atoms with E-state index in [1.165, 1.54) is 21.9 Å². The molecule has 0 unspecified atom stereocenters. The standard InChI is InChI=1S/C28H36N2O3/c1-4-32-27(33-5-2)20-30(28(31)21(3)29)19-18-25(22-12-7-6-8-13-22)26-17-11-15-23-14-9-10-16-24(23)26/h6-17,21,25,27H,4-5,18-20,29H2,1-3H3/t21-,25-/m0/s1. The van der Waals surface area contributed by atoms with Crippen molar-refractivity contribution in [1.82, 2.24) is 4.90 Å². The van der Waals surface area contributed by atoms with E-state index in [1.807, 2.05) is 19.9 Å². The molecular formula is C28H36N2O3. The Labute approximate surface area is 197 Å². The van der Waals surface area contributed by atoms with Crippen molar-refractivity contribution in [1.29, 1.82) is 0 Å². The molecule has 0 saturated carbocycles. The van der Waals surface area contributed by atoms with Crippen LogP contribution in [0, 0.1) is 0 Å². The van der Waals surface area contributed by atoms with Crippen LogP contribution in [0.4, 0.5) is 0 Å². The van der Waals surface area contributed by atoms with Crippen molar-refractivity contribution < 1.29 is 14.3 Å². The van der Waals surface area contributed by atoms with Gasteiger partial charge in [-0.05, 0) is 49.1 Å². The van der Waals surface area contributed by atoms with Crippen LogP contribution < -0.4 is 5.73 Å². The van der Waals surface area contributed by atoms with E-state index >= 15 is 0 Å². The normalized spacial score (nSPS) is 13.2. The molecule has 176 valence electrons. The second-order valence-corrected chi connectivity index (χ2v) is 8.23. The third-order valence-corrected chi connectivity index (χ3v) is 5.86. The van der Waals surface area contributed by atoms with Gasteiger partial charge in [0.1, 0.15) is 0 Å². The Morgan fingerprint density at radius 1 is 0.909 bits per heavy atom. The van der Waals surface area contributed by atoms with E-state index in [9.17, 15) is 4.79 Å². The Balaban J connectivity index is 1.91. The van der Waals surface area contributed by atoms with Crippen molar-refractivity contribution >= 4 is 16.7 Å². The molecule has 0 aromatic heterocycles. The maximum atomic E-state index is 13.0. The zero-order chi connectivity index (χ0) is 23.6. The van der Waals surface area contributed by atoms with E-state index in [0.717, 1.165) is 6.42 Å². The van der Waals surface area contributed by atoms with Gasteiger partial charge >= 0.3 is 0 Å². The number of ether oxygens (including phenoxy) is 2. The van der Waals surface area contributed by atoms with Crippen LogP contribution in [0.2, 0.25) is 0 Å². The SMILES string of the molecule is CCOC(CN(CC[C@@H](c1ccccc1)c1cccc2ccccc12)C(=O)[C@H](C)N)OCC. The van der Waals surface area contributed by atoms with E-state index < -0.39 is 12.3 Å². The van der Waals surface area contributed by atoms with Gasteiger partial charge in [-0.3, -0.25) is 4.79 Å². The van der Waals surface area contributed by atoms with Gasteiger partial charge in [-0.2, -0.15) is 0 Å². The molecular weight excluding hydrogens is 412 g/mol. The van der Waals surface area contributed by atoms with E-state index in [0.29, 0.717) is 26.3 Å². The Hall–Kier alpha value is -2.73. The number of hydrogen-bond donors (Lipinski definition) is 1. The molecule has 33 heavy (non-hydrogen) atoms. The second-order valence-electron chi connectivity index (χ2n) is 8.23. The number of rotatable bonds is 12. The highest BCUT2D eigenvalue weighted by Crippen LogP contribution is 2.33. The van der Waals surface area contributed by atoms with Crippen molar-refractivity contribution in [3.05, 3.63) is 83.9 Å². The Bertz CT molecular complexity index is 995. The summed E-state index contributed by atoms with van der Waals surface area (Å²) in [6.45, 7) is 7.54. The van der Waals surface area contributed by atoms with Gasteiger partial charge in [0.2, 0.25) is 5.91 Å². The number of amides is 1. The molecule has 5 nitrogen and oxygen atoms in total. The molecule has 0 heterocycles. The fraction of sp³-hybridized carbons (Fsp3) is 0.393. The zero-order valence-corrected chi connectivity index (χ0v) is 19.9. The molecule has 0 fully saturated rings. The number of fused-ring (bicyclic) bond motifs is 1. The summed E-state index contributed by atoms with van der Waals surface area (Å²) in [4.78, 5) is 14.8. The largest absolute Gasteiger partial charge is 0.351 e. The van der Waals surface area contributed by atoms with Crippen LogP contribution in [0.5, 0.6) is 0 Å². The summed E-state index contributed by atoms with van der Waals surface area (Å²) in [6, 6.07) is 24.8. The highest BCUT2D eigenvalue weighted by atomic mass is 16.7. The fourth-order valence-electron chi connectivity index (χ4n) is 4.31. The summed E-state index contributed by atoms with van der Waals surface area (Å²) in [7, 11) is 0. The van der Waals surface area contributed by atoms with Crippen LogP contribution in [0.15, 0.2) is 72.8 Å². The van der Waals surface area contributed by atoms with Crippen molar-refractivity contribution in [3.8, 4) is 0 Å². The summed E-state index contributed by atoms with van der Waals surface area (Å²) < 4.78 is 11.4. The van der Waals surface area contributed by atoms with Gasteiger partial charge in [-0.1, -0.05) is 72.8 Å². The van der Waals surface area contributed by atoms with E-state index in [4.69, 9.17) is 15.2 Å². The first-order chi connectivity index (χ1) is 16.0. The predicted molar refractivity (Wildman–Crippen MR) is 134 cm³/mol. The minimum absolute atomic E-state index is 0.0934. The van der Waals surface area contributed by atoms with Crippen LogP contribution in [-0.4, -0.2) is 49.4 Å². The van der Waals surface area contributed by atoms with Gasteiger partial charge in [0.25, 0.3) is 0 Å². The summed E-state index contributed by atoms with van der Waals surface area (Å²) in [5.41, 5.74) is 8.48. The average molecular weight is 449 g/mol. The molecule has 2 N–H and O–H groups in total. The predicted octanol–water partition coefficient (Wildman–Crippen LogP) is 4.94. The third kappa shape index (κ3) is 6.64. The maximum Gasteiger partial charge on any atom is 0.239 e. The topological polar surface area (TPSA) is 64.8 Å². The quantitative estimate of drug-likeness (QED) is 0.399. The number of nitrogens with two attached hydrogens (primary N) is 1. The van der Waals surface area contributed by atoms with Crippen LogP contribution >= 0.6 is 0 Å². The number of benzene rings is 3. The summed E-state index contributed by atoms with van der Waals surface area (Å²) >= 11 is 0. The monoisotopic (exact) mass is 448 g/mol. The molecule has 0 saturated heterocycles. The minimum atomic E-state index is -0.582. The Morgan fingerprint density at radius 3 is 2.21 bits per heavy atom. The van der Waals surface area contributed by atoms with E-state index in [-0.39, 0.29) is 11.8 Å². The lowest BCUT2D eigenvalue weighted by Gasteiger charge is -2.30. The molecule has 3 aromatic rings. The molecule has 0 spiro atoms. The van der Waals surface area contributed by atoms with Gasteiger partial charge in [0.05, 0.1) is 12.6 Å². The number of hydrogen-bond acceptors (Lipinski definition) is 4. The lowest BCUT2D eigenvalue weighted by Crippen LogP contribution is -2.47. The average Bonchev–Trinajstić information content (AvgIpc) is 2.84. The Morgan fingerprint density at radius 2 is 1.55 bits per heavy atom. The van der Waals surface area contributed by atoms with Crippen LogP contribution in [0.3, 0.4) is 0 Å². The van der Waals surface area contributed by atoms with Crippen LogP contribution in [0.25, 0.3) is 10.8 Å². The van der Waals surface area contributed by atoms with Crippen molar-refractivity contribution in [2.45, 2.75) is 45.4 Å². The molecule has 5 heteroatoms. The lowest BCUT2D eigenvalue weighted by atomic mass is 9.85. The van der Waals surface area contributed by atoms with Crippen molar-refractivity contribution in [3.63, 3.8) is 0 Å². The van der Waals surface area contributed by atoms with Gasteiger partial charge in [-0.25, -0.2) is 0 Å². The van der Waals surface area contributed by atoms with E-state index in [2.05, 4.69) is 66.7 Å². The highest BCUT2D eigenvalue weighted by Gasteiger charge is 2.25. The first-order valence-electron chi connectivity index (χ1n) is 11.8. The van der Waals surface area contributed by atoms with Gasteiger partial charge < -0.3 is 20.1 Å².